The second-order valence-corrected chi connectivity index (χ2v) is 7.33. The number of rotatable bonds is 6. The van der Waals surface area contributed by atoms with Crippen LogP contribution in [-0.2, 0) is 27.9 Å². The molecule has 0 aliphatic rings. The van der Waals surface area contributed by atoms with Crippen molar-refractivity contribution in [3.05, 3.63) is 4.60 Å². The molecule has 1 unspecified atom stereocenters. The molecule has 98 valence electrons. The Morgan fingerprint density at radius 1 is 1.53 bits per heavy atom. The Labute approximate surface area is 111 Å². The van der Waals surface area contributed by atoms with Crippen molar-refractivity contribution in [2.45, 2.75) is 11.4 Å². The molecule has 0 aromatic carbocycles. The first-order valence-corrected chi connectivity index (χ1v) is 8.70. The molecule has 10 heteroatoms. The Balaban J connectivity index is 2.67. The maximum Gasteiger partial charge on any atom is 0.260 e. The molecule has 1 N–H and O–H groups in total. The molecule has 17 heavy (non-hydrogen) atoms. The maximum absolute atomic E-state index is 11.9. The topological polar surface area (TPSA) is 93.9 Å². The zero-order chi connectivity index (χ0) is 13.1. The Morgan fingerprint density at radius 2 is 2.18 bits per heavy atom. The van der Waals surface area contributed by atoms with E-state index in [0.717, 1.165) is 0 Å². The Bertz CT molecular complexity index is 494. The molecule has 1 aromatic heterocycles. The van der Waals surface area contributed by atoms with Crippen LogP contribution in [0.5, 0.6) is 0 Å². The smallest absolute Gasteiger partial charge is 0.260 e. The quantitative estimate of drug-likeness (QED) is 0.710. The third-order valence-electron chi connectivity index (χ3n) is 1.89. The minimum atomic E-state index is -3.63. The van der Waals surface area contributed by atoms with Gasteiger partial charge in [-0.2, -0.15) is 0 Å². The summed E-state index contributed by atoms with van der Waals surface area (Å²) in [6, 6.07) is 0. The van der Waals surface area contributed by atoms with Gasteiger partial charge < -0.3 is 0 Å². The highest BCUT2D eigenvalue weighted by Gasteiger charge is 2.23. The number of sulfonamides is 1. The van der Waals surface area contributed by atoms with Gasteiger partial charge in [0.2, 0.25) is 5.03 Å². The second-order valence-electron chi connectivity index (χ2n) is 3.34. The first-order valence-electron chi connectivity index (χ1n) is 4.69. The molecule has 1 heterocycles. The highest BCUT2D eigenvalue weighted by molar-refractivity contribution is 9.10. The summed E-state index contributed by atoms with van der Waals surface area (Å²) >= 11 is 3.02. The van der Waals surface area contributed by atoms with Gasteiger partial charge in [0.05, 0.1) is 0 Å². The summed E-state index contributed by atoms with van der Waals surface area (Å²) < 4.78 is 38.3. The molecule has 0 aliphatic heterocycles. The van der Waals surface area contributed by atoms with Crippen molar-refractivity contribution in [2.75, 3.05) is 18.6 Å². The highest BCUT2D eigenvalue weighted by Crippen LogP contribution is 2.17. The van der Waals surface area contributed by atoms with Gasteiger partial charge in [-0.3, -0.25) is 4.21 Å². The Morgan fingerprint density at radius 3 is 2.65 bits per heavy atom. The van der Waals surface area contributed by atoms with Crippen molar-refractivity contribution in [1.29, 1.82) is 0 Å². The van der Waals surface area contributed by atoms with Gasteiger partial charge in [0, 0.05) is 36.4 Å². The Kier molecular flexibility index (Phi) is 5.22. The summed E-state index contributed by atoms with van der Waals surface area (Å²) in [5, 5.41) is 7.17. The van der Waals surface area contributed by atoms with Crippen molar-refractivity contribution in [1.82, 2.24) is 19.7 Å². The van der Waals surface area contributed by atoms with Gasteiger partial charge in [-0.1, -0.05) is 5.21 Å². The molecule has 0 saturated heterocycles. The lowest BCUT2D eigenvalue weighted by atomic mass is 10.5. The van der Waals surface area contributed by atoms with Crippen molar-refractivity contribution in [3.63, 3.8) is 0 Å². The molecule has 1 atom stereocenters. The number of nitrogens with zero attached hydrogens (tertiary/aromatic N) is 3. The van der Waals surface area contributed by atoms with Gasteiger partial charge in [0.15, 0.2) is 4.60 Å². The third kappa shape index (κ3) is 4.12. The van der Waals surface area contributed by atoms with Gasteiger partial charge in [0.25, 0.3) is 10.0 Å². The normalized spacial score (nSPS) is 13.8. The average molecular weight is 345 g/mol. The van der Waals surface area contributed by atoms with Crippen molar-refractivity contribution in [3.8, 4) is 0 Å². The van der Waals surface area contributed by atoms with E-state index in [-0.39, 0.29) is 16.2 Å². The van der Waals surface area contributed by atoms with E-state index in [4.69, 9.17) is 0 Å². The fraction of sp³-hybridized carbons (Fsp3) is 0.714. The number of aromatic nitrogens is 3. The fourth-order valence-electron chi connectivity index (χ4n) is 1.16. The number of hydrogen-bond donors (Lipinski definition) is 1. The van der Waals surface area contributed by atoms with Crippen molar-refractivity contribution >= 4 is 36.8 Å². The van der Waals surface area contributed by atoms with Crippen LogP contribution in [0.25, 0.3) is 0 Å². The molecule has 1 aromatic rings. The summed E-state index contributed by atoms with van der Waals surface area (Å²) in [5.74, 6) is 0.466. The van der Waals surface area contributed by atoms with E-state index in [1.807, 2.05) is 0 Å². The predicted octanol–water partition coefficient (Wildman–Crippen LogP) is -0.376. The van der Waals surface area contributed by atoms with Gasteiger partial charge >= 0.3 is 0 Å². The standard InChI is InChI=1S/C7H13BrN4O3S2/c1-12-7(6(8)10-11-12)17(14,15)9-4-3-5-16(2)13/h9H,3-5H2,1-2H3. The van der Waals surface area contributed by atoms with E-state index in [9.17, 15) is 12.6 Å². The van der Waals surface area contributed by atoms with Gasteiger partial charge in [-0.05, 0) is 22.4 Å². The van der Waals surface area contributed by atoms with Crippen LogP contribution in [0.1, 0.15) is 6.42 Å². The van der Waals surface area contributed by atoms with Crippen LogP contribution < -0.4 is 4.72 Å². The SMILES string of the molecule is Cn1nnc(Br)c1S(=O)(=O)NCCCS(C)=O. The first kappa shape index (κ1) is 14.7. The van der Waals surface area contributed by atoms with Crippen LogP contribution in [0.2, 0.25) is 0 Å². The van der Waals surface area contributed by atoms with Crippen molar-refractivity contribution in [2.24, 2.45) is 7.05 Å². The predicted molar refractivity (Wildman–Crippen MR) is 67.4 cm³/mol. The lowest BCUT2D eigenvalue weighted by molar-refractivity contribution is 0.559. The zero-order valence-corrected chi connectivity index (χ0v) is 12.6. The number of nitrogens with one attached hydrogen (secondary N) is 1. The van der Waals surface area contributed by atoms with E-state index in [1.54, 1.807) is 6.26 Å². The molecular weight excluding hydrogens is 332 g/mol. The van der Waals surface area contributed by atoms with Crippen LogP contribution >= 0.6 is 15.9 Å². The molecule has 1 rings (SSSR count). The summed E-state index contributed by atoms with van der Waals surface area (Å²) in [4.78, 5) is 0. The molecule has 0 fully saturated rings. The lowest BCUT2D eigenvalue weighted by Crippen LogP contribution is -2.27. The molecule has 0 saturated carbocycles. The van der Waals surface area contributed by atoms with E-state index in [1.165, 1.54) is 11.7 Å². The van der Waals surface area contributed by atoms with Crippen LogP contribution in [0, 0.1) is 0 Å². The highest BCUT2D eigenvalue weighted by atomic mass is 79.9. The molecule has 7 nitrogen and oxygen atoms in total. The van der Waals surface area contributed by atoms with Crippen LogP contribution in [-0.4, -0.2) is 46.2 Å². The summed E-state index contributed by atoms with van der Waals surface area (Å²) in [7, 11) is -3.05. The number of hydrogen-bond acceptors (Lipinski definition) is 5. The molecule has 0 spiro atoms. The van der Waals surface area contributed by atoms with Gasteiger partial charge in [-0.25, -0.2) is 17.8 Å². The Hall–Kier alpha value is -0.320. The second kappa shape index (κ2) is 6.03. The van der Waals surface area contributed by atoms with Gasteiger partial charge in [0.1, 0.15) is 0 Å². The van der Waals surface area contributed by atoms with Crippen molar-refractivity contribution < 1.29 is 12.6 Å². The van der Waals surface area contributed by atoms with Crippen LogP contribution in [0.4, 0.5) is 0 Å². The molecular formula is C7H13BrN4O3S2. The summed E-state index contributed by atoms with van der Waals surface area (Å²) in [5.41, 5.74) is 0. The molecule has 0 radical (unpaired) electrons. The average Bonchev–Trinajstić information content (AvgIpc) is 2.53. The molecule has 0 amide bonds. The minimum absolute atomic E-state index is 0.0184. The van der Waals surface area contributed by atoms with Gasteiger partial charge in [-0.15, -0.1) is 5.10 Å². The largest absolute Gasteiger partial charge is 0.260 e. The first-order chi connectivity index (χ1) is 7.84. The maximum atomic E-state index is 11.9. The zero-order valence-electron chi connectivity index (χ0n) is 9.38. The van der Waals surface area contributed by atoms with E-state index < -0.39 is 20.8 Å². The fourth-order valence-corrected chi connectivity index (χ4v) is 3.87. The molecule has 0 aliphatic carbocycles. The number of halogens is 1. The third-order valence-corrected chi connectivity index (χ3v) is 5.10. The van der Waals surface area contributed by atoms with Crippen LogP contribution in [0.15, 0.2) is 9.63 Å². The van der Waals surface area contributed by atoms with E-state index in [2.05, 4.69) is 31.0 Å². The van der Waals surface area contributed by atoms with E-state index in [0.29, 0.717) is 12.2 Å². The molecule has 0 bridgehead atoms. The summed E-state index contributed by atoms with van der Waals surface area (Å²) in [6.45, 7) is 0.236. The minimum Gasteiger partial charge on any atom is -0.260 e. The monoisotopic (exact) mass is 344 g/mol. The summed E-state index contributed by atoms with van der Waals surface area (Å²) in [6.07, 6.45) is 2.10. The lowest BCUT2D eigenvalue weighted by Gasteiger charge is -2.05. The van der Waals surface area contributed by atoms with Crippen LogP contribution in [0.3, 0.4) is 0 Å². The van der Waals surface area contributed by atoms with E-state index >= 15 is 0 Å². The number of aryl methyl sites for hydroxylation is 1.